The van der Waals surface area contributed by atoms with Gasteiger partial charge < -0.3 is 24.0 Å². The number of rotatable bonds is 6. The topological polar surface area (TPSA) is 77.0 Å². The number of hydrogen-bond acceptors (Lipinski definition) is 7. The first-order chi connectivity index (χ1) is 13.6. The Morgan fingerprint density at radius 2 is 1.68 bits per heavy atom. The highest BCUT2D eigenvalue weighted by Crippen LogP contribution is 2.28. The van der Waals surface area contributed by atoms with Crippen molar-refractivity contribution in [1.82, 2.24) is 15.1 Å². The Bertz CT molecular complexity index is 831. The summed E-state index contributed by atoms with van der Waals surface area (Å²) >= 11 is 0. The molecule has 2 aromatic rings. The molecule has 0 N–H and O–H groups in total. The van der Waals surface area contributed by atoms with Crippen molar-refractivity contribution in [2.24, 2.45) is 0 Å². The maximum Gasteiger partial charge on any atom is 0.246 e. The van der Waals surface area contributed by atoms with Crippen LogP contribution in [0.25, 0.3) is 6.08 Å². The Morgan fingerprint density at radius 3 is 2.29 bits per heavy atom. The Hall–Kier alpha value is -3.29. The molecule has 0 aliphatic carbocycles. The monoisotopic (exact) mass is 384 g/mol. The summed E-state index contributed by atoms with van der Waals surface area (Å²) in [5, 5.41) is 8.15. The summed E-state index contributed by atoms with van der Waals surface area (Å²) in [6.07, 6.45) is 3.37. The van der Waals surface area contributed by atoms with Gasteiger partial charge in [-0.15, -0.1) is 10.2 Å². The van der Waals surface area contributed by atoms with Crippen LogP contribution < -0.4 is 19.1 Å². The summed E-state index contributed by atoms with van der Waals surface area (Å²) in [5.74, 6) is 2.54. The van der Waals surface area contributed by atoms with E-state index in [1.54, 1.807) is 39.5 Å². The van der Waals surface area contributed by atoms with Crippen LogP contribution in [0.5, 0.6) is 17.4 Å². The van der Waals surface area contributed by atoms with Gasteiger partial charge in [-0.1, -0.05) is 6.07 Å². The highest BCUT2D eigenvalue weighted by Gasteiger charge is 2.20. The fourth-order valence-corrected chi connectivity index (χ4v) is 2.98. The van der Waals surface area contributed by atoms with Crippen LogP contribution in [0.1, 0.15) is 5.56 Å². The van der Waals surface area contributed by atoms with Crippen LogP contribution >= 0.6 is 0 Å². The Labute approximate surface area is 164 Å². The lowest BCUT2D eigenvalue weighted by atomic mass is 10.2. The highest BCUT2D eigenvalue weighted by molar-refractivity contribution is 5.92. The van der Waals surface area contributed by atoms with Gasteiger partial charge in [0.05, 0.1) is 21.3 Å². The fourth-order valence-electron chi connectivity index (χ4n) is 2.98. The van der Waals surface area contributed by atoms with E-state index in [1.807, 2.05) is 29.2 Å². The minimum absolute atomic E-state index is 0.0183. The summed E-state index contributed by atoms with van der Waals surface area (Å²) in [7, 11) is 4.74. The second kappa shape index (κ2) is 9.07. The van der Waals surface area contributed by atoms with Crippen LogP contribution in [-0.2, 0) is 4.79 Å². The van der Waals surface area contributed by atoms with Crippen LogP contribution in [0.2, 0.25) is 0 Å². The average molecular weight is 384 g/mol. The molecule has 8 nitrogen and oxygen atoms in total. The summed E-state index contributed by atoms with van der Waals surface area (Å²) in [6, 6.07) is 9.19. The van der Waals surface area contributed by atoms with Gasteiger partial charge in [0, 0.05) is 38.3 Å². The number of aromatic nitrogens is 2. The summed E-state index contributed by atoms with van der Waals surface area (Å²) in [5.41, 5.74) is 0.873. The Morgan fingerprint density at radius 1 is 0.929 bits per heavy atom. The number of carbonyl (C=O) groups excluding carboxylic acids is 1. The van der Waals surface area contributed by atoms with Crippen molar-refractivity contribution in [3.05, 3.63) is 42.0 Å². The minimum Gasteiger partial charge on any atom is -0.493 e. The third-order valence-corrected chi connectivity index (χ3v) is 4.58. The van der Waals surface area contributed by atoms with Crippen molar-refractivity contribution in [2.45, 2.75) is 0 Å². The van der Waals surface area contributed by atoms with Crippen LogP contribution in [0.15, 0.2) is 36.4 Å². The van der Waals surface area contributed by atoms with E-state index >= 15 is 0 Å². The normalized spacial score (nSPS) is 14.2. The molecule has 0 unspecified atom stereocenters. The fraction of sp³-hybridized carbons (Fsp3) is 0.350. The Balaban J connectivity index is 1.56. The van der Waals surface area contributed by atoms with Crippen molar-refractivity contribution in [3.63, 3.8) is 0 Å². The number of anilines is 1. The molecule has 0 saturated carbocycles. The second-order valence-corrected chi connectivity index (χ2v) is 6.19. The zero-order chi connectivity index (χ0) is 19.9. The van der Waals surface area contributed by atoms with E-state index in [2.05, 4.69) is 15.1 Å². The molecule has 2 heterocycles. The molecular formula is C20H24N4O4. The van der Waals surface area contributed by atoms with Crippen molar-refractivity contribution in [1.29, 1.82) is 0 Å². The smallest absolute Gasteiger partial charge is 0.246 e. The van der Waals surface area contributed by atoms with E-state index in [1.165, 1.54) is 0 Å². The molecule has 8 heteroatoms. The SMILES string of the molecule is COc1ccc(N2CCN(C(=O)/C=C/c3ccc(OC)c(OC)c3)CC2)nn1. The van der Waals surface area contributed by atoms with Crippen molar-refractivity contribution in [2.75, 3.05) is 52.4 Å². The highest BCUT2D eigenvalue weighted by atomic mass is 16.5. The van der Waals surface area contributed by atoms with Crippen molar-refractivity contribution < 1.29 is 19.0 Å². The molecule has 1 fully saturated rings. The number of piperazine rings is 1. The first-order valence-corrected chi connectivity index (χ1v) is 8.96. The summed E-state index contributed by atoms with van der Waals surface area (Å²) in [4.78, 5) is 16.4. The van der Waals surface area contributed by atoms with Crippen LogP contribution in [0, 0.1) is 0 Å². The predicted molar refractivity (Wildman–Crippen MR) is 106 cm³/mol. The maximum absolute atomic E-state index is 12.5. The number of ether oxygens (including phenoxy) is 3. The lowest BCUT2D eigenvalue weighted by Crippen LogP contribution is -2.48. The lowest BCUT2D eigenvalue weighted by Gasteiger charge is -2.34. The Kier molecular flexibility index (Phi) is 6.31. The molecule has 1 amide bonds. The van der Waals surface area contributed by atoms with Crippen molar-refractivity contribution >= 4 is 17.8 Å². The summed E-state index contributed by atoms with van der Waals surface area (Å²) in [6.45, 7) is 2.67. The molecule has 0 bridgehead atoms. The number of benzene rings is 1. The van der Waals surface area contributed by atoms with Crippen LogP contribution in [-0.4, -0.2) is 68.5 Å². The van der Waals surface area contributed by atoms with Crippen molar-refractivity contribution in [3.8, 4) is 17.4 Å². The number of hydrogen-bond donors (Lipinski definition) is 0. The minimum atomic E-state index is -0.0183. The van der Waals surface area contributed by atoms with E-state index in [4.69, 9.17) is 14.2 Å². The van der Waals surface area contributed by atoms with Gasteiger partial charge in [-0.2, -0.15) is 0 Å². The molecule has 28 heavy (non-hydrogen) atoms. The third-order valence-electron chi connectivity index (χ3n) is 4.58. The first kappa shape index (κ1) is 19.5. The zero-order valence-corrected chi connectivity index (χ0v) is 16.3. The molecule has 0 radical (unpaired) electrons. The molecule has 3 rings (SSSR count). The number of carbonyl (C=O) groups is 1. The molecule has 1 aromatic heterocycles. The zero-order valence-electron chi connectivity index (χ0n) is 16.3. The van der Waals surface area contributed by atoms with Crippen LogP contribution in [0.3, 0.4) is 0 Å². The van der Waals surface area contributed by atoms with Crippen LogP contribution in [0.4, 0.5) is 5.82 Å². The van der Waals surface area contributed by atoms with Gasteiger partial charge in [-0.25, -0.2) is 0 Å². The van der Waals surface area contributed by atoms with E-state index in [9.17, 15) is 4.79 Å². The van der Waals surface area contributed by atoms with Gasteiger partial charge in [0.2, 0.25) is 11.8 Å². The summed E-state index contributed by atoms with van der Waals surface area (Å²) < 4.78 is 15.5. The van der Waals surface area contributed by atoms with E-state index < -0.39 is 0 Å². The molecular weight excluding hydrogens is 360 g/mol. The van der Waals surface area contributed by atoms with Gasteiger partial charge in [-0.3, -0.25) is 4.79 Å². The third kappa shape index (κ3) is 4.51. The van der Waals surface area contributed by atoms with Gasteiger partial charge in [-0.05, 0) is 29.8 Å². The van der Waals surface area contributed by atoms with E-state index in [0.29, 0.717) is 43.6 Å². The van der Waals surface area contributed by atoms with E-state index in [0.717, 1.165) is 11.4 Å². The molecule has 0 atom stereocenters. The molecule has 0 spiro atoms. The maximum atomic E-state index is 12.5. The van der Waals surface area contributed by atoms with E-state index in [-0.39, 0.29) is 5.91 Å². The average Bonchev–Trinajstić information content (AvgIpc) is 2.77. The number of amides is 1. The first-order valence-electron chi connectivity index (χ1n) is 8.96. The molecule has 1 aliphatic heterocycles. The number of methoxy groups -OCH3 is 3. The quantitative estimate of drug-likeness (QED) is 0.704. The largest absolute Gasteiger partial charge is 0.493 e. The predicted octanol–water partition coefficient (Wildman–Crippen LogP) is 1.86. The molecule has 1 aromatic carbocycles. The second-order valence-electron chi connectivity index (χ2n) is 6.19. The molecule has 1 saturated heterocycles. The number of nitrogens with zero attached hydrogens (tertiary/aromatic N) is 4. The van der Waals surface area contributed by atoms with Gasteiger partial charge in [0.15, 0.2) is 17.3 Å². The lowest BCUT2D eigenvalue weighted by molar-refractivity contribution is -0.126. The molecule has 1 aliphatic rings. The van der Waals surface area contributed by atoms with Gasteiger partial charge >= 0.3 is 0 Å². The van der Waals surface area contributed by atoms with Gasteiger partial charge in [0.25, 0.3) is 0 Å². The standard InChI is InChI=1S/C20H24N4O4/c1-26-16-6-4-15(14-17(16)27-2)5-9-20(25)24-12-10-23(11-13-24)18-7-8-19(28-3)22-21-18/h4-9,14H,10-13H2,1-3H3/b9-5+. The van der Waals surface area contributed by atoms with Gasteiger partial charge in [0.1, 0.15) is 0 Å². The molecule has 148 valence electrons.